The van der Waals surface area contributed by atoms with Crippen molar-refractivity contribution in [3.63, 3.8) is 0 Å². The van der Waals surface area contributed by atoms with Crippen LogP contribution in [0.4, 0.5) is 0 Å². The molecule has 1 nitrogen and oxygen atoms in total. The van der Waals surface area contributed by atoms with Crippen molar-refractivity contribution in [2.75, 3.05) is 26.5 Å². The van der Waals surface area contributed by atoms with E-state index in [0.717, 1.165) is 11.0 Å². The van der Waals surface area contributed by atoms with Gasteiger partial charge in [-0.05, 0) is 6.92 Å². The molecule has 1 aromatic carbocycles. The lowest BCUT2D eigenvalue weighted by Gasteiger charge is -2.28. The average Bonchev–Trinajstić information content (AvgIpc) is 2.30. The van der Waals surface area contributed by atoms with Gasteiger partial charge in [-0.1, -0.05) is 36.4 Å². The van der Waals surface area contributed by atoms with Crippen LogP contribution in [0.2, 0.25) is 0 Å². The van der Waals surface area contributed by atoms with Crippen LogP contribution in [0.15, 0.2) is 43.0 Å². The summed E-state index contributed by atoms with van der Waals surface area (Å²) >= 11 is 5.07. The van der Waals surface area contributed by atoms with E-state index in [1.54, 1.807) is 6.08 Å². The Morgan fingerprint density at radius 3 is 2.12 bits per heavy atom. The number of halogens is 1. The van der Waals surface area contributed by atoms with Gasteiger partial charge in [-0.15, -0.1) is 18.2 Å². The van der Waals surface area contributed by atoms with Gasteiger partial charge in [0.05, 0.1) is 20.6 Å². The third-order valence-electron chi connectivity index (χ3n) is 2.42. The van der Waals surface area contributed by atoms with E-state index in [-0.39, 0.29) is 0 Å². The molecule has 0 N–H and O–H groups in total. The number of quaternary nitrogens is 1. The summed E-state index contributed by atoms with van der Waals surface area (Å²) < 4.78 is 1.06. The van der Waals surface area contributed by atoms with Crippen molar-refractivity contribution in [3.8, 4) is 0 Å². The molecule has 0 aliphatic heterocycles. The summed E-state index contributed by atoms with van der Waals surface area (Å²) in [6, 6.07) is 10.6. The Labute approximate surface area is 105 Å². The molecule has 0 aliphatic carbocycles. The monoisotopic (exact) mass is 240 g/mol. The molecular formula is C14H23ClN+. The van der Waals surface area contributed by atoms with Crippen LogP contribution < -0.4 is 0 Å². The number of benzene rings is 1. The van der Waals surface area contributed by atoms with E-state index in [9.17, 15) is 0 Å². The molecule has 0 aromatic heterocycles. The van der Waals surface area contributed by atoms with E-state index in [1.807, 2.05) is 0 Å². The minimum absolute atomic E-state index is 0.556. The third kappa shape index (κ3) is 7.49. The molecule has 0 aliphatic rings. The molecule has 2 heteroatoms. The molecule has 0 fully saturated rings. The lowest BCUT2D eigenvalue weighted by atomic mass is 10.2. The molecule has 90 valence electrons. The van der Waals surface area contributed by atoms with Gasteiger partial charge in [0.1, 0.15) is 6.54 Å². The fourth-order valence-electron chi connectivity index (χ4n) is 1.19. The van der Waals surface area contributed by atoms with E-state index in [1.165, 1.54) is 12.1 Å². The molecule has 0 saturated carbocycles. The van der Waals surface area contributed by atoms with Gasteiger partial charge < -0.3 is 4.48 Å². The van der Waals surface area contributed by atoms with Crippen LogP contribution >= 0.6 is 11.6 Å². The minimum Gasteiger partial charge on any atom is -0.325 e. The van der Waals surface area contributed by atoms with Gasteiger partial charge in [-0.3, -0.25) is 0 Å². The second-order valence-corrected chi connectivity index (χ2v) is 4.65. The first kappa shape index (κ1) is 15.2. The fraction of sp³-hybridized carbons (Fsp3) is 0.429. The predicted octanol–water partition coefficient (Wildman–Crippen LogP) is 3.69. The molecule has 1 aromatic rings. The third-order valence-corrected chi connectivity index (χ3v) is 2.64. The smallest absolute Gasteiger partial charge is 0.104 e. The molecule has 0 bridgehead atoms. The lowest BCUT2D eigenvalue weighted by Crippen LogP contribution is -2.38. The van der Waals surface area contributed by atoms with Gasteiger partial charge in [0, 0.05) is 11.4 Å². The molecule has 0 spiro atoms. The van der Waals surface area contributed by atoms with Crippen molar-refractivity contribution in [1.82, 2.24) is 0 Å². The molecule has 0 heterocycles. The average molecular weight is 241 g/mol. The Kier molecular flexibility index (Phi) is 7.96. The van der Waals surface area contributed by atoms with E-state index < -0.39 is 0 Å². The highest BCUT2D eigenvalue weighted by Crippen LogP contribution is 2.07. The first-order valence-electron chi connectivity index (χ1n) is 5.58. The second-order valence-electron chi connectivity index (χ2n) is 4.34. The van der Waals surface area contributed by atoms with Crippen molar-refractivity contribution in [2.24, 2.45) is 0 Å². The molecule has 0 amide bonds. The van der Waals surface area contributed by atoms with Crippen LogP contribution in [0.5, 0.6) is 0 Å². The predicted molar refractivity (Wildman–Crippen MR) is 73.7 cm³/mol. The topological polar surface area (TPSA) is 0 Å². The quantitative estimate of drug-likeness (QED) is 0.428. The maximum absolute atomic E-state index is 5.07. The Morgan fingerprint density at radius 1 is 1.25 bits per heavy atom. The van der Waals surface area contributed by atoms with E-state index >= 15 is 0 Å². The summed E-state index contributed by atoms with van der Waals surface area (Å²) in [5.74, 6) is 0.556. The van der Waals surface area contributed by atoms with Gasteiger partial charge in [0.15, 0.2) is 0 Å². The zero-order valence-electron chi connectivity index (χ0n) is 10.6. The van der Waals surface area contributed by atoms with Crippen LogP contribution in [0, 0.1) is 0 Å². The van der Waals surface area contributed by atoms with Crippen LogP contribution in [0.25, 0.3) is 0 Å². The summed E-state index contributed by atoms with van der Waals surface area (Å²) in [5.41, 5.74) is 1.42. The summed E-state index contributed by atoms with van der Waals surface area (Å²) in [7, 11) is 4.51. The highest BCUT2D eigenvalue weighted by atomic mass is 35.5. The van der Waals surface area contributed by atoms with Crippen LogP contribution in [-0.4, -0.2) is 31.0 Å². The van der Waals surface area contributed by atoms with Gasteiger partial charge in [-0.2, -0.15) is 0 Å². The van der Waals surface area contributed by atoms with Gasteiger partial charge in [0.25, 0.3) is 0 Å². The van der Waals surface area contributed by atoms with Crippen molar-refractivity contribution < 1.29 is 4.48 Å². The first-order valence-corrected chi connectivity index (χ1v) is 6.12. The maximum atomic E-state index is 5.07. The summed E-state index contributed by atoms with van der Waals surface area (Å²) in [6.45, 7) is 7.87. The summed E-state index contributed by atoms with van der Waals surface area (Å²) in [4.78, 5) is 0. The van der Waals surface area contributed by atoms with Crippen LogP contribution in [0.3, 0.4) is 0 Å². The van der Waals surface area contributed by atoms with Crippen LogP contribution in [-0.2, 0) is 6.54 Å². The normalized spacial score (nSPS) is 10.2. The fourth-order valence-corrected chi connectivity index (χ4v) is 1.19. The zero-order chi connectivity index (χ0) is 12.4. The number of hydrogen-bond donors (Lipinski definition) is 0. The van der Waals surface area contributed by atoms with Crippen molar-refractivity contribution in [3.05, 3.63) is 48.6 Å². The molecule has 16 heavy (non-hydrogen) atoms. The number of rotatable bonds is 4. The molecule has 0 unspecified atom stereocenters. The Hall–Kier alpha value is -0.790. The molecule has 0 radical (unpaired) electrons. The summed E-state index contributed by atoms with van der Waals surface area (Å²) in [6.07, 6.45) is 1.64. The number of alkyl halides is 1. The minimum atomic E-state index is 0.556. The highest BCUT2D eigenvalue weighted by Gasteiger charge is 2.11. The van der Waals surface area contributed by atoms with E-state index in [2.05, 4.69) is 57.9 Å². The molecular weight excluding hydrogens is 218 g/mol. The molecule has 1 rings (SSSR count). The van der Waals surface area contributed by atoms with Gasteiger partial charge in [-0.25, -0.2) is 0 Å². The lowest BCUT2D eigenvalue weighted by molar-refractivity contribution is -0.901. The second kappa shape index (κ2) is 8.37. The highest BCUT2D eigenvalue weighted by molar-refractivity contribution is 6.18. The summed E-state index contributed by atoms with van der Waals surface area (Å²) in [5, 5.41) is 0. The largest absolute Gasteiger partial charge is 0.325 e. The van der Waals surface area contributed by atoms with Crippen molar-refractivity contribution >= 4 is 11.6 Å². The Morgan fingerprint density at radius 2 is 1.75 bits per heavy atom. The number of allylic oxidation sites excluding steroid dienone is 1. The van der Waals surface area contributed by atoms with Gasteiger partial charge >= 0.3 is 0 Å². The van der Waals surface area contributed by atoms with E-state index in [4.69, 9.17) is 11.6 Å². The zero-order valence-corrected chi connectivity index (χ0v) is 11.4. The van der Waals surface area contributed by atoms with E-state index in [0.29, 0.717) is 5.88 Å². The molecule has 0 saturated heterocycles. The van der Waals surface area contributed by atoms with Crippen molar-refractivity contribution in [2.45, 2.75) is 13.5 Å². The molecule has 0 atom stereocenters. The van der Waals surface area contributed by atoms with Crippen LogP contribution in [0.1, 0.15) is 12.5 Å². The van der Waals surface area contributed by atoms with Crippen molar-refractivity contribution in [1.29, 1.82) is 0 Å². The Balaban J connectivity index is 0.000000487. The SMILES string of the molecule is C=CCCl.CC[N+](C)(C)Cc1ccccc1. The Bertz CT molecular complexity index is 280. The first-order chi connectivity index (χ1) is 7.55. The standard InChI is InChI=1S/C11H18N.C3H5Cl/c1-4-12(2,3)10-11-8-6-5-7-9-11;1-2-3-4/h5-9H,4,10H2,1-3H3;2H,1,3H2/q+1;. The number of hydrogen-bond acceptors (Lipinski definition) is 0. The maximum Gasteiger partial charge on any atom is 0.104 e. The number of nitrogens with zero attached hydrogens (tertiary/aromatic N) is 1. The van der Waals surface area contributed by atoms with Gasteiger partial charge in [0.2, 0.25) is 0 Å².